The highest BCUT2D eigenvalue weighted by atomic mass is 79.9. The van der Waals surface area contributed by atoms with Gasteiger partial charge in [0.05, 0.1) is 0 Å². The van der Waals surface area contributed by atoms with E-state index in [1.807, 2.05) is 12.1 Å². The topological polar surface area (TPSA) is 39.4 Å². The van der Waals surface area contributed by atoms with Crippen LogP contribution in [0.1, 0.15) is 36.9 Å². The van der Waals surface area contributed by atoms with Crippen molar-refractivity contribution in [2.75, 3.05) is 0 Å². The Labute approximate surface area is 120 Å². The van der Waals surface area contributed by atoms with Crippen molar-refractivity contribution in [3.63, 3.8) is 0 Å². The minimum atomic E-state index is -0.505. The molecular weight excluding hydrogens is 308 g/mol. The molecule has 0 saturated carbocycles. The van der Waals surface area contributed by atoms with E-state index in [4.69, 9.17) is 9.15 Å². The van der Waals surface area contributed by atoms with E-state index in [1.165, 1.54) is 5.56 Å². The predicted molar refractivity (Wildman–Crippen MR) is 76.5 cm³/mol. The molecule has 1 aromatic heterocycles. The first-order valence-electron chi connectivity index (χ1n) is 5.94. The summed E-state index contributed by atoms with van der Waals surface area (Å²) in [6, 6.07) is 10.7. The predicted octanol–water partition coefficient (Wildman–Crippen LogP) is 4.56. The first-order chi connectivity index (χ1) is 8.86. The first kappa shape index (κ1) is 13.9. The molecule has 0 spiro atoms. The zero-order chi connectivity index (χ0) is 14.0. The molecule has 2 aromatic rings. The summed E-state index contributed by atoms with van der Waals surface area (Å²) in [6.07, 6.45) is 0. The average molecular weight is 323 g/mol. The van der Waals surface area contributed by atoms with Crippen molar-refractivity contribution in [2.24, 2.45) is 0 Å². The van der Waals surface area contributed by atoms with Crippen molar-refractivity contribution >= 4 is 21.9 Å². The van der Waals surface area contributed by atoms with Crippen LogP contribution < -0.4 is 4.74 Å². The maximum Gasteiger partial charge on any atom is 0.379 e. The molecule has 0 N–H and O–H groups in total. The molecule has 0 aliphatic heterocycles. The van der Waals surface area contributed by atoms with Crippen molar-refractivity contribution in [3.05, 3.63) is 52.4 Å². The molecule has 0 aliphatic carbocycles. The molecule has 0 unspecified atom stereocenters. The van der Waals surface area contributed by atoms with Gasteiger partial charge >= 0.3 is 5.97 Å². The van der Waals surface area contributed by atoms with Crippen LogP contribution in [0.3, 0.4) is 0 Å². The van der Waals surface area contributed by atoms with E-state index >= 15 is 0 Å². The van der Waals surface area contributed by atoms with E-state index in [1.54, 1.807) is 24.3 Å². The average Bonchev–Trinajstić information content (AvgIpc) is 2.75. The van der Waals surface area contributed by atoms with Gasteiger partial charge in [-0.15, -0.1) is 0 Å². The van der Waals surface area contributed by atoms with Gasteiger partial charge in [-0.25, -0.2) is 4.79 Å². The maximum atomic E-state index is 11.8. The van der Waals surface area contributed by atoms with Crippen LogP contribution in [0.25, 0.3) is 0 Å². The van der Waals surface area contributed by atoms with E-state index in [0.717, 1.165) is 0 Å². The molecule has 1 aromatic carbocycles. The van der Waals surface area contributed by atoms with E-state index in [9.17, 15) is 4.79 Å². The number of halogens is 1. The van der Waals surface area contributed by atoms with Crippen LogP contribution in [-0.4, -0.2) is 5.97 Å². The Balaban J connectivity index is 2.10. The molecule has 2 rings (SSSR count). The fourth-order valence-corrected chi connectivity index (χ4v) is 1.91. The minimum absolute atomic E-state index is 0.0778. The Kier molecular flexibility index (Phi) is 3.80. The number of ether oxygens (including phenoxy) is 1. The molecule has 100 valence electrons. The number of carbonyl (C=O) groups excluding carboxylic acids is 1. The van der Waals surface area contributed by atoms with Crippen molar-refractivity contribution in [1.29, 1.82) is 0 Å². The Morgan fingerprint density at radius 3 is 2.21 bits per heavy atom. The highest BCUT2D eigenvalue weighted by Gasteiger charge is 2.15. The number of carbonyl (C=O) groups is 1. The molecule has 0 fully saturated rings. The van der Waals surface area contributed by atoms with Gasteiger partial charge in [0.1, 0.15) is 5.75 Å². The largest absolute Gasteiger partial charge is 0.442 e. The van der Waals surface area contributed by atoms with Gasteiger partial charge in [-0.2, -0.15) is 0 Å². The maximum absolute atomic E-state index is 11.8. The number of esters is 1. The standard InChI is InChI=1S/C15H15BrO3/c1-15(2,3)10-4-6-11(7-5-10)18-14(17)12-8-9-13(16)19-12/h4-9H,1-3H3. The van der Waals surface area contributed by atoms with Gasteiger partial charge in [0.2, 0.25) is 5.76 Å². The Bertz CT molecular complexity index is 576. The zero-order valence-corrected chi connectivity index (χ0v) is 12.7. The number of furan rings is 1. The van der Waals surface area contributed by atoms with Crippen LogP contribution in [0.15, 0.2) is 45.5 Å². The van der Waals surface area contributed by atoms with Gasteiger partial charge in [-0.1, -0.05) is 32.9 Å². The Morgan fingerprint density at radius 1 is 1.11 bits per heavy atom. The molecule has 3 nitrogen and oxygen atoms in total. The number of hydrogen-bond donors (Lipinski definition) is 0. The van der Waals surface area contributed by atoms with Crippen LogP contribution in [-0.2, 0) is 5.41 Å². The molecule has 19 heavy (non-hydrogen) atoms. The number of benzene rings is 1. The first-order valence-corrected chi connectivity index (χ1v) is 6.73. The van der Waals surface area contributed by atoms with Crippen LogP contribution in [0.5, 0.6) is 5.75 Å². The highest BCUT2D eigenvalue weighted by molar-refractivity contribution is 9.10. The van der Waals surface area contributed by atoms with Crippen molar-refractivity contribution in [3.8, 4) is 5.75 Å². The summed E-state index contributed by atoms with van der Waals surface area (Å²) >= 11 is 3.14. The normalized spacial score (nSPS) is 11.4. The lowest BCUT2D eigenvalue weighted by atomic mass is 9.87. The van der Waals surface area contributed by atoms with E-state index < -0.39 is 5.97 Å². The van der Waals surface area contributed by atoms with Crippen LogP contribution in [0.2, 0.25) is 0 Å². The molecular formula is C15H15BrO3. The van der Waals surface area contributed by atoms with Crippen LogP contribution in [0.4, 0.5) is 0 Å². The molecule has 1 heterocycles. The third-order valence-electron chi connectivity index (χ3n) is 2.71. The number of rotatable bonds is 2. The molecule has 4 heteroatoms. The summed E-state index contributed by atoms with van der Waals surface area (Å²) in [5.74, 6) is 0.173. The fraction of sp³-hybridized carbons (Fsp3) is 0.267. The van der Waals surface area contributed by atoms with Gasteiger partial charge in [-0.05, 0) is 51.2 Å². The van der Waals surface area contributed by atoms with Crippen molar-refractivity contribution < 1.29 is 13.9 Å². The second-order valence-electron chi connectivity index (χ2n) is 5.27. The molecule has 0 saturated heterocycles. The molecule has 0 atom stereocenters. The zero-order valence-electron chi connectivity index (χ0n) is 11.1. The monoisotopic (exact) mass is 322 g/mol. The second kappa shape index (κ2) is 5.21. The van der Waals surface area contributed by atoms with Crippen molar-refractivity contribution in [1.82, 2.24) is 0 Å². The molecule has 0 radical (unpaired) electrons. The van der Waals surface area contributed by atoms with Crippen molar-refractivity contribution in [2.45, 2.75) is 26.2 Å². The van der Waals surface area contributed by atoms with Gasteiger partial charge in [-0.3, -0.25) is 0 Å². The lowest BCUT2D eigenvalue weighted by Crippen LogP contribution is -2.11. The lowest BCUT2D eigenvalue weighted by Gasteiger charge is -2.18. The summed E-state index contributed by atoms with van der Waals surface area (Å²) in [6.45, 7) is 6.40. The SMILES string of the molecule is CC(C)(C)c1ccc(OC(=O)c2ccc(Br)o2)cc1. The third-order valence-corrected chi connectivity index (χ3v) is 3.13. The summed E-state index contributed by atoms with van der Waals surface area (Å²) in [7, 11) is 0. The summed E-state index contributed by atoms with van der Waals surface area (Å²) < 4.78 is 10.9. The third kappa shape index (κ3) is 3.47. The minimum Gasteiger partial charge on any atom is -0.442 e. The highest BCUT2D eigenvalue weighted by Crippen LogP contribution is 2.25. The van der Waals surface area contributed by atoms with Gasteiger partial charge < -0.3 is 9.15 Å². The smallest absolute Gasteiger partial charge is 0.379 e. The van der Waals surface area contributed by atoms with Crippen LogP contribution in [0, 0.1) is 0 Å². The quantitative estimate of drug-likeness (QED) is 0.601. The Hall–Kier alpha value is -1.55. The second-order valence-corrected chi connectivity index (χ2v) is 6.05. The summed E-state index contributed by atoms with van der Waals surface area (Å²) in [5.41, 5.74) is 1.27. The van der Waals surface area contributed by atoms with Gasteiger partial charge in [0.15, 0.2) is 4.67 Å². The van der Waals surface area contributed by atoms with Crippen LogP contribution >= 0.6 is 15.9 Å². The molecule has 0 aliphatic rings. The van der Waals surface area contributed by atoms with Gasteiger partial charge in [0, 0.05) is 0 Å². The fourth-order valence-electron chi connectivity index (χ4n) is 1.60. The van der Waals surface area contributed by atoms with E-state index in [2.05, 4.69) is 36.7 Å². The van der Waals surface area contributed by atoms with E-state index in [0.29, 0.717) is 10.4 Å². The molecule has 0 amide bonds. The lowest BCUT2D eigenvalue weighted by molar-refractivity contribution is 0.0700. The number of hydrogen-bond acceptors (Lipinski definition) is 3. The van der Waals surface area contributed by atoms with E-state index in [-0.39, 0.29) is 11.2 Å². The molecule has 0 bridgehead atoms. The van der Waals surface area contributed by atoms with Gasteiger partial charge in [0.25, 0.3) is 0 Å². The Morgan fingerprint density at radius 2 is 1.74 bits per heavy atom. The summed E-state index contributed by atoms with van der Waals surface area (Å²) in [4.78, 5) is 11.8. The summed E-state index contributed by atoms with van der Waals surface area (Å²) in [5, 5.41) is 0.